The van der Waals surface area contributed by atoms with Gasteiger partial charge in [0, 0.05) is 28.5 Å². The molecule has 0 saturated carbocycles. The van der Waals surface area contributed by atoms with Crippen molar-refractivity contribution >= 4 is 34.4 Å². The van der Waals surface area contributed by atoms with Crippen LogP contribution in [0.4, 0.5) is 0 Å². The lowest BCUT2D eigenvalue weighted by molar-refractivity contribution is -0.190. The summed E-state index contributed by atoms with van der Waals surface area (Å²) < 4.78 is 21.7. The van der Waals surface area contributed by atoms with Gasteiger partial charge in [0.25, 0.3) is 0 Å². The van der Waals surface area contributed by atoms with Gasteiger partial charge in [0.15, 0.2) is 17.1 Å². The Bertz CT molecular complexity index is 1510. The fraction of sp³-hybridized carbons (Fsp3) is 0.407. The SMILES string of the molecule is CC[C@@]1(O)C(=O)OCC2C(=O)N3Cc4c(nc5cc6c(cc5c4C#CCOCNC(=O)CN)OCO6)C3=CC21. The number of carbonyl (C=O) groups is 3. The van der Waals surface area contributed by atoms with Gasteiger partial charge in [-0.25, -0.2) is 9.78 Å². The van der Waals surface area contributed by atoms with E-state index in [0.717, 1.165) is 10.9 Å². The van der Waals surface area contributed by atoms with Gasteiger partial charge in [-0.15, -0.1) is 0 Å². The Labute approximate surface area is 223 Å². The lowest BCUT2D eigenvalue weighted by Gasteiger charge is -2.44. The number of aliphatic hydroxyl groups is 1. The van der Waals surface area contributed by atoms with E-state index in [1.54, 1.807) is 24.0 Å². The Morgan fingerprint density at radius 2 is 2.10 bits per heavy atom. The van der Waals surface area contributed by atoms with Crippen LogP contribution >= 0.6 is 0 Å². The first kappa shape index (κ1) is 25.1. The van der Waals surface area contributed by atoms with Crippen molar-refractivity contribution in [3.63, 3.8) is 0 Å². The topological polar surface area (TPSA) is 163 Å². The highest BCUT2D eigenvalue weighted by Crippen LogP contribution is 2.47. The molecule has 4 N–H and O–H groups in total. The average molecular weight is 535 g/mol. The van der Waals surface area contributed by atoms with E-state index >= 15 is 0 Å². The maximum atomic E-state index is 13.6. The number of benzene rings is 1. The molecule has 0 spiro atoms. The molecule has 2 amide bonds. The molecule has 12 nitrogen and oxygen atoms in total. The third-order valence-corrected chi connectivity index (χ3v) is 7.57. The fourth-order valence-corrected chi connectivity index (χ4v) is 5.46. The first-order chi connectivity index (χ1) is 18.9. The number of nitrogens with one attached hydrogen (secondary N) is 1. The van der Waals surface area contributed by atoms with Crippen LogP contribution in [0.15, 0.2) is 18.2 Å². The van der Waals surface area contributed by atoms with Crippen LogP contribution in [-0.4, -0.2) is 71.7 Å². The number of nitrogens with two attached hydrogens (primary N) is 1. The Morgan fingerprint density at radius 3 is 2.87 bits per heavy atom. The molecule has 3 atom stereocenters. The molecule has 4 aliphatic rings. The summed E-state index contributed by atoms with van der Waals surface area (Å²) in [5, 5.41) is 14.4. The van der Waals surface area contributed by atoms with E-state index in [4.69, 9.17) is 29.7 Å². The Morgan fingerprint density at radius 1 is 1.31 bits per heavy atom. The normalized spacial score (nSPS) is 24.3. The van der Waals surface area contributed by atoms with Crippen LogP contribution in [0.5, 0.6) is 11.5 Å². The smallest absolute Gasteiger partial charge is 0.338 e. The second kappa shape index (κ2) is 9.53. The van der Waals surface area contributed by atoms with Gasteiger partial charge in [-0.1, -0.05) is 24.8 Å². The van der Waals surface area contributed by atoms with Crippen LogP contribution in [0, 0.1) is 23.7 Å². The van der Waals surface area contributed by atoms with Crippen LogP contribution in [0.25, 0.3) is 16.6 Å². The van der Waals surface area contributed by atoms with Crippen molar-refractivity contribution in [3.8, 4) is 23.3 Å². The highest BCUT2D eigenvalue weighted by Gasteiger charge is 2.56. The van der Waals surface area contributed by atoms with Crippen molar-refractivity contribution in [2.24, 2.45) is 17.6 Å². The van der Waals surface area contributed by atoms with E-state index in [1.165, 1.54) is 0 Å². The zero-order valence-corrected chi connectivity index (χ0v) is 21.1. The van der Waals surface area contributed by atoms with Crippen molar-refractivity contribution in [1.82, 2.24) is 15.2 Å². The molecule has 6 rings (SSSR count). The van der Waals surface area contributed by atoms with E-state index in [-0.39, 0.29) is 58.1 Å². The molecule has 1 aromatic heterocycles. The number of aromatic nitrogens is 1. The Kier molecular flexibility index (Phi) is 6.14. The first-order valence-electron chi connectivity index (χ1n) is 12.6. The van der Waals surface area contributed by atoms with E-state index in [0.29, 0.717) is 34.0 Å². The van der Waals surface area contributed by atoms with Crippen LogP contribution < -0.4 is 20.5 Å². The number of fused-ring (bicyclic) bond motifs is 6. The summed E-state index contributed by atoms with van der Waals surface area (Å²) in [6.07, 6.45) is 1.88. The third-order valence-electron chi connectivity index (χ3n) is 7.57. The number of hydrogen-bond donors (Lipinski definition) is 3. The highest BCUT2D eigenvalue weighted by atomic mass is 16.7. The standard InChI is InChI=1S/C27H26N4O8/c1-2-27(35)18-7-20-24-16(10-31(20)25(33)17(18)11-37-26(27)34)14(4-3-5-36-12-29-23(32)9-28)15-6-21-22(39-13-38-21)8-19(15)30-24/h6-8,17-18,35H,2,5,9-13,28H2,1H3,(H,29,32)/t17?,18?,27-/m0/s1. The van der Waals surface area contributed by atoms with Crippen molar-refractivity contribution in [1.29, 1.82) is 0 Å². The van der Waals surface area contributed by atoms with E-state index in [1.807, 2.05) is 6.07 Å². The van der Waals surface area contributed by atoms with Crippen molar-refractivity contribution in [2.45, 2.75) is 25.5 Å². The minimum absolute atomic E-state index is 0.0301. The molecule has 39 heavy (non-hydrogen) atoms. The molecule has 4 aliphatic heterocycles. The zero-order chi connectivity index (χ0) is 27.3. The molecular formula is C27H26N4O8. The number of nitrogens with zero attached hydrogens (tertiary/aromatic N) is 2. The first-order valence-corrected chi connectivity index (χ1v) is 12.6. The number of ether oxygens (including phenoxy) is 4. The van der Waals surface area contributed by atoms with Crippen LogP contribution in [0.3, 0.4) is 0 Å². The zero-order valence-electron chi connectivity index (χ0n) is 21.1. The quantitative estimate of drug-likeness (QED) is 0.206. The molecule has 5 heterocycles. The van der Waals surface area contributed by atoms with Crippen molar-refractivity contribution in [3.05, 3.63) is 35.0 Å². The number of pyridine rings is 1. The number of carbonyl (C=O) groups excluding carboxylic acids is 3. The molecule has 202 valence electrons. The van der Waals surface area contributed by atoms with Gasteiger partial charge >= 0.3 is 5.97 Å². The second-order valence-corrected chi connectivity index (χ2v) is 9.62. The minimum atomic E-state index is -1.80. The summed E-state index contributed by atoms with van der Waals surface area (Å²) in [5.74, 6) is 4.50. The van der Waals surface area contributed by atoms with Gasteiger partial charge in [0.1, 0.15) is 19.9 Å². The summed E-state index contributed by atoms with van der Waals surface area (Å²) in [7, 11) is 0. The monoisotopic (exact) mass is 534 g/mol. The summed E-state index contributed by atoms with van der Waals surface area (Å²) in [4.78, 5) is 43.9. The maximum absolute atomic E-state index is 13.6. The highest BCUT2D eigenvalue weighted by molar-refractivity contribution is 5.99. The van der Waals surface area contributed by atoms with Crippen LogP contribution in [0.2, 0.25) is 0 Å². The van der Waals surface area contributed by atoms with Gasteiger partial charge in [0.05, 0.1) is 35.9 Å². The average Bonchev–Trinajstić information content (AvgIpc) is 3.55. The molecule has 1 fully saturated rings. The van der Waals surface area contributed by atoms with E-state index in [2.05, 4.69) is 17.2 Å². The lowest BCUT2D eigenvalue weighted by Crippen LogP contribution is -2.58. The summed E-state index contributed by atoms with van der Waals surface area (Å²) in [6.45, 7) is 1.77. The third kappa shape index (κ3) is 3.97. The van der Waals surface area contributed by atoms with Crippen molar-refractivity contribution in [2.75, 3.05) is 33.3 Å². The molecule has 2 unspecified atom stereocenters. The maximum Gasteiger partial charge on any atom is 0.338 e. The van der Waals surface area contributed by atoms with Crippen LogP contribution in [0.1, 0.15) is 30.2 Å². The Hall–Kier alpha value is -4.18. The van der Waals surface area contributed by atoms with Crippen LogP contribution in [-0.2, 0) is 30.4 Å². The molecule has 12 heteroatoms. The number of rotatable bonds is 5. The van der Waals surface area contributed by atoms with Crippen molar-refractivity contribution < 1.29 is 38.4 Å². The molecule has 1 saturated heterocycles. The molecule has 0 bridgehead atoms. The van der Waals surface area contributed by atoms with Gasteiger partial charge < -0.3 is 40.0 Å². The summed E-state index contributed by atoms with van der Waals surface area (Å²) >= 11 is 0. The number of hydrogen-bond acceptors (Lipinski definition) is 10. The minimum Gasteiger partial charge on any atom is -0.463 e. The van der Waals surface area contributed by atoms with E-state index in [9.17, 15) is 19.5 Å². The summed E-state index contributed by atoms with van der Waals surface area (Å²) in [6, 6.07) is 3.58. The molecular weight excluding hydrogens is 508 g/mol. The van der Waals surface area contributed by atoms with Gasteiger partial charge in [0.2, 0.25) is 18.6 Å². The molecule has 0 aliphatic carbocycles. The Balaban J connectivity index is 1.43. The number of esters is 1. The lowest BCUT2D eigenvalue weighted by atomic mass is 9.72. The van der Waals surface area contributed by atoms with Gasteiger partial charge in [-0.05, 0) is 12.5 Å². The molecule has 1 aromatic carbocycles. The largest absolute Gasteiger partial charge is 0.463 e. The second-order valence-electron chi connectivity index (χ2n) is 9.62. The predicted octanol–water partition coefficient (Wildman–Crippen LogP) is -0.00900. The summed E-state index contributed by atoms with van der Waals surface area (Å²) in [5.41, 5.74) is 6.51. The van der Waals surface area contributed by atoms with Gasteiger partial charge in [-0.3, -0.25) is 9.59 Å². The molecule has 0 radical (unpaired) electrons. The van der Waals surface area contributed by atoms with E-state index < -0.39 is 23.4 Å². The fourth-order valence-electron chi connectivity index (χ4n) is 5.46. The number of cyclic esters (lactones) is 1. The molecule has 2 aromatic rings. The number of amides is 2. The van der Waals surface area contributed by atoms with Gasteiger partial charge in [-0.2, -0.15) is 0 Å². The predicted molar refractivity (Wildman–Crippen MR) is 134 cm³/mol.